The van der Waals surface area contributed by atoms with Crippen LogP contribution in [0, 0.1) is 0 Å². The molecule has 1 N–H and O–H groups in total. The van der Waals surface area contributed by atoms with Gasteiger partial charge in [0.2, 0.25) is 0 Å². The average molecular weight is 366 g/mol. The lowest BCUT2D eigenvalue weighted by atomic mass is 10.2. The number of halogens is 2. The molecule has 0 spiro atoms. The molecule has 1 aromatic heterocycles. The fourth-order valence-electron chi connectivity index (χ4n) is 2.42. The van der Waals surface area contributed by atoms with Crippen LogP contribution in [-0.4, -0.2) is 59.1 Å². The molecule has 0 radical (unpaired) electrons. The van der Waals surface area contributed by atoms with Gasteiger partial charge in [0, 0.05) is 26.2 Å². The first-order chi connectivity index (χ1) is 11.5. The van der Waals surface area contributed by atoms with Gasteiger partial charge in [-0.2, -0.15) is 0 Å². The molecule has 1 saturated heterocycles. The van der Waals surface area contributed by atoms with Crippen molar-refractivity contribution < 1.29 is 4.79 Å². The van der Waals surface area contributed by atoms with Crippen molar-refractivity contribution in [2.24, 2.45) is 0 Å². The van der Waals surface area contributed by atoms with Crippen LogP contribution in [0.4, 0.5) is 11.5 Å². The molecule has 2 heterocycles. The fourth-order valence-corrected chi connectivity index (χ4v) is 2.77. The van der Waals surface area contributed by atoms with Gasteiger partial charge in [-0.1, -0.05) is 29.3 Å². The van der Waals surface area contributed by atoms with Crippen molar-refractivity contribution in [2.45, 2.75) is 0 Å². The number of benzene rings is 1. The topological polar surface area (TPSA) is 61.4 Å². The summed E-state index contributed by atoms with van der Waals surface area (Å²) < 4.78 is 0. The number of hydrogen-bond acceptors (Lipinski definition) is 5. The zero-order valence-corrected chi connectivity index (χ0v) is 14.7. The number of piperazine rings is 1. The Kier molecular flexibility index (Phi) is 5.18. The molecular weight excluding hydrogens is 349 g/mol. The van der Waals surface area contributed by atoms with Gasteiger partial charge in [0.25, 0.3) is 5.91 Å². The van der Waals surface area contributed by atoms with Crippen molar-refractivity contribution >= 4 is 40.6 Å². The summed E-state index contributed by atoms with van der Waals surface area (Å²) in [6, 6.07) is 8.65. The summed E-state index contributed by atoms with van der Waals surface area (Å²) in [5, 5.41) is 12.0. The Morgan fingerprint density at radius 2 is 1.83 bits per heavy atom. The number of amides is 1. The number of anilines is 2. The lowest BCUT2D eigenvalue weighted by molar-refractivity contribution is 0.0657. The molecule has 0 aliphatic carbocycles. The van der Waals surface area contributed by atoms with E-state index in [9.17, 15) is 4.79 Å². The van der Waals surface area contributed by atoms with Crippen molar-refractivity contribution in [3.63, 3.8) is 0 Å². The van der Waals surface area contributed by atoms with Gasteiger partial charge in [-0.25, -0.2) is 0 Å². The van der Waals surface area contributed by atoms with Crippen molar-refractivity contribution in [1.29, 1.82) is 0 Å². The fraction of sp³-hybridized carbons (Fsp3) is 0.312. The third-order valence-electron chi connectivity index (χ3n) is 3.89. The molecule has 126 valence electrons. The van der Waals surface area contributed by atoms with Crippen LogP contribution in [-0.2, 0) is 0 Å². The number of hydrogen-bond donors (Lipinski definition) is 1. The van der Waals surface area contributed by atoms with Crippen LogP contribution in [0.2, 0.25) is 10.0 Å². The van der Waals surface area contributed by atoms with E-state index in [2.05, 4.69) is 20.4 Å². The second-order valence-corrected chi connectivity index (χ2v) is 6.41. The zero-order valence-electron chi connectivity index (χ0n) is 13.2. The standard InChI is InChI=1S/C16H17Cl2N5O/c1-22-7-9-23(10-8-22)16(24)13-5-6-14(21-20-13)19-12-4-2-3-11(17)15(12)18/h2-6H,7-10H2,1H3,(H,19,21). The highest BCUT2D eigenvalue weighted by Crippen LogP contribution is 2.31. The van der Waals surface area contributed by atoms with Crippen molar-refractivity contribution in [3.8, 4) is 0 Å². The van der Waals surface area contributed by atoms with Gasteiger partial charge in [-0.15, -0.1) is 10.2 Å². The number of carbonyl (C=O) groups excluding carboxylic acids is 1. The molecule has 1 fully saturated rings. The largest absolute Gasteiger partial charge is 0.337 e. The van der Waals surface area contributed by atoms with Crippen molar-refractivity contribution in [1.82, 2.24) is 20.0 Å². The van der Waals surface area contributed by atoms with Gasteiger partial charge in [0.1, 0.15) is 0 Å². The second kappa shape index (κ2) is 7.34. The summed E-state index contributed by atoms with van der Waals surface area (Å²) in [6.07, 6.45) is 0. The number of carbonyl (C=O) groups is 1. The molecule has 1 aliphatic rings. The molecular formula is C16H17Cl2N5O. The first-order valence-corrected chi connectivity index (χ1v) is 8.33. The van der Waals surface area contributed by atoms with E-state index in [1.807, 2.05) is 7.05 Å². The van der Waals surface area contributed by atoms with Gasteiger partial charge in [0.05, 0.1) is 15.7 Å². The predicted molar refractivity (Wildman–Crippen MR) is 95.2 cm³/mol. The van der Waals surface area contributed by atoms with E-state index in [0.717, 1.165) is 13.1 Å². The Labute approximate surface area is 150 Å². The number of likely N-dealkylation sites (N-methyl/N-ethyl adjacent to an activating group) is 1. The van der Waals surface area contributed by atoms with E-state index >= 15 is 0 Å². The minimum atomic E-state index is -0.0945. The highest BCUT2D eigenvalue weighted by Gasteiger charge is 2.21. The highest BCUT2D eigenvalue weighted by atomic mass is 35.5. The summed E-state index contributed by atoms with van der Waals surface area (Å²) in [6.45, 7) is 3.14. The highest BCUT2D eigenvalue weighted by molar-refractivity contribution is 6.43. The number of aromatic nitrogens is 2. The van der Waals surface area contributed by atoms with Crippen molar-refractivity contribution in [2.75, 3.05) is 38.5 Å². The summed E-state index contributed by atoms with van der Waals surface area (Å²) in [5.74, 6) is 0.400. The summed E-state index contributed by atoms with van der Waals surface area (Å²) >= 11 is 12.1. The Balaban J connectivity index is 1.69. The van der Waals surface area contributed by atoms with Crippen molar-refractivity contribution in [3.05, 3.63) is 46.1 Å². The molecule has 1 aromatic carbocycles. The van der Waals surface area contributed by atoms with E-state index in [-0.39, 0.29) is 5.91 Å². The summed E-state index contributed by atoms with van der Waals surface area (Å²) in [7, 11) is 2.04. The Morgan fingerprint density at radius 3 is 2.50 bits per heavy atom. The third-order valence-corrected chi connectivity index (χ3v) is 4.71. The maximum absolute atomic E-state index is 12.4. The van der Waals surface area contributed by atoms with E-state index in [1.54, 1.807) is 35.2 Å². The molecule has 2 aromatic rings. The zero-order chi connectivity index (χ0) is 17.1. The van der Waals surface area contributed by atoms with Gasteiger partial charge in [-0.05, 0) is 31.3 Å². The van der Waals surface area contributed by atoms with E-state index in [0.29, 0.717) is 40.3 Å². The van der Waals surface area contributed by atoms with Crippen LogP contribution < -0.4 is 5.32 Å². The predicted octanol–water partition coefficient (Wildman–Crippen LogP) is 2.91. The third kappa shape index (κ3) is 3.77. The second-order valence-electron chi connectivity index (χ2n) is 5.63. The van der Waals surface area contributed by atoms with Gasteiger partial charge >= 0.3 is 0 Å². The smallest absolute Gasteiger partial charge is 0.274 e. The maximum atomic E-state index is 12.4. The monoisotopic (exact) mass is 365 g/mol. The molecule has 8 heteroatoms. The van der Waals surface area contributed by atoms with E-state index in [1.165, 1.54) is 0 Å². The van der Waals surface area contributed by atoms with Gasteiger partial charge in [-0.3, -0.25) is 4.79 Å². The molecule has 6 nitrogen and oxygen atoms in total. The van der Waals surface area contributed by atoms with Crippen LogP contribution in [0.5, 0.6) is 0 Å². The minimum Gasteiger partial charge on any atom is -0.337 e. The Bertz CT molecular complexity index is 730. The quantitative estimate of drug-likeness (QED) is 0.905. The van der Waals surface area contributed by atoms with Crippen LogP contribution in [0.15, 0.2) is 30.3 Å². The van der Waals surface area contributed by atoms with Crippen LogP contribution in [0.1, 0.15) is 10.5 Å². The first kappa shape index (κ1) is 17.0. The van der Waals surface area contributed by atoms with E-state index < -0.39 is 0 Å². The average Bonchev–Trinajstić information content (AvgIpc) is 2.60. The molecule has 0 bridgehead atoms. The van der Waals surface area contributed by atoms with Gasteiger partial charge in [0.15, 0.2) is 11.5 Å². The molecule has 3 rings (SSSR count). The lowest BCUT2D eigenvalue weighted by Crippen LogP contribution is -2.47. The Hall–Kier alpha value is -1.89. The molecule has 24 heavy (non-hydrogen) atoms. The summed E-state index contributed by atoms with van der Waals surface area (Å²) in [5.41, 5.74) is 0.971. The summed E-state index contributed by atoms with van der Waals surface area (Å²) in [4.78, 5) is 16.4. The molecule has 0 atom stereocenters. The van der Waals surface area contributed by atoms with Crippen LogP contribution in [0.3, 0.4) is 0 Å². The number of nitrogens with zero attached hydrogens (tertiary/aromatic N) is 4. The molecule has 1 aliphatic heterocycles. The van der Waals surface area contributed by atoms with Crippen LogP contribution >= 0.6 is 23.2 Å². The van der Waals surface area contributed by atoms with Gasteiger partial charge < -0.3 is 15.1 Å². The number of rotatable bonds is 3. The van der Waals surface area contributed by atoms with Crippen LogP contribution in [0.25, 0.3) is 0 Å². The maximum Gasteiger partial charge on any atom is 0.274 e. The minimum absolute atomic E-state index is 0.0945. The molecule has 0 saturated carbocycles. The SMILES string of the molecule is CN1CCN(C(=O)c2ccc(Nc3cccc(Cl)c3Cl)nn2)CC1. The van der Waals surface area contributed by atoms with E-state index in [4.69, 9.17) is 23.2 Å². The molecule has 1 amide bonds. The lowest BCUT2D eigenvalue weighted by Gasteiger charge is -2.32. The molecule has 0 unspecified atom stereocenters. The first-order valence-electron chi connectivity index (χ1n) is 7.57. The Morgan fingerprint density at radius 1 is 1.08 bits per heavy atom. The number of nitrogens with one attached hydrogen (secondary N) is 1. The normalized spacial score (nSPS) is 15.4.